The third-order valence-corrected chi connectivity index (χ3v) is 4.93. The van der Waals surface area contributed by atoms with E-state index in [1.807, 2.05) is 0 Å². The molecule has 3 rings (SSSR count). The van der Waals surface area contributed by atoms with E-state index in [0.717, 1.165) is 0 Å². The molecule has 2 fully saturated rings. The van der Waals surface area contributed by atoms with Gasteiger partial charge in [0.1, 0.15) is 5.75 Å². The van der Waals surface area contributed by atoms with Crippen LogP contribution in [0.3, 0.4) is 0 Å². The number of benzene rings is 1. The van der Waals surface area contributed by atoms with E-state index in [4.69, 9.17) is 4.74 Å². The minimum Gasteiger partial charge on any atom is -0.497 e. The molecule has 134 valence electrons. The Morgan fingerprint density at radius 3 is 2.68 bits per heavy atom. The van der Waals surface area contributed by atoms with Gasteiger partial charge in [-0.3, -0.25) is 14.6 Å². The van der Waals surface area contributed by atoms with Gasteiger partial charge < -0.3 is 4.74 Å². The maximum atomic E-state index is 14.6. The second kappa shape index (κ2) is 6.30. The van der Waals surface area contributed by atoms with E-state index < -0.39 is 5.82 Å². The highest BCUT2D eigenvalue weighted by molar-refractivity contribution is 6.00. The summed E-state index contributed by atoms with van der Waals surface area (Å²) >= 11 is 0. The van der Waals surface area contributed by atoms with Crippen LogP contribution in [0, 0.1) is 28.5 Å². The fourth-order valence-corrected chi connectivity index (χ4v) is 3.83. The number of ether oxygens (including phenoxy) is 1. The monoisotopic (exact) mass is 345 g/mol. The summed E-state index contributed by atoms with van der Waals surface area (Å²) in [5.41, 5.74) is 0.245. The van der Waals surface area contributed by atoms with E-state index in [2.05, 4.69) is 31.7 Å². The molecule has 1 amide bonds. The summed E-state index contributed by atoms with van der Waals surface area (Å²) in [7, 11) is 1.48. The maximum Gasteiger partial charge on any atom is 0.245 e. The van der Waals surface area contributed by atoms with E-state index in [1.165, 1.54) is 13.2 Å². The molecule has 3 unspecified atom stereocenters. The zero-order chi connectivity index (χ0) is 18.4. The second-order valence-electron chi connectivity index (χ2n) is 8.05. The number of nitrogens with zero attached hydrogens (tertiary/aromatic N) is 3. The minimum atomic E-state index is -0.468. The zero-order valence-electron chi connectivity index (χ0n) is 15.1. The number of nitriles is 1. The third kappa shape index (κ3) is 3.21. The van der Waals surface area contributed by atoms with Gasteiger partial charge >= 0.3 is 0 Å². The van der Waals surface area contributed by atoms with Crippen molar-refractivity contribution < 1.29 is 13.9 Å². The molecule has 0 aromatic heterocycles. The standard InChI is InChI=1S/C19H24FN3O2/c1-19(2,3)9-17-22-11-12(10-21)7-16(22)18(24)23(17)15-6-5-13(25-4)8-14(15)20/h5-6,8,12,16-17H,7,9,11H2,1-4H3. The molecule has 1 aromatic rings. The van der Waals surface area contributed by atoms with Gasteiger partial charge in [0.2, 0.25) is 5.91 Å². The molecule has 25 heavy (non-hydrogen) atoms. The highest BCUT2D eigenvalue weighted by Gasteiger charge is 2.52. The largest absolute Gasteiger partial charge is 0.497 e. The molecule has 2 aliphatic rings. The Hall–Kier alpha value is -2.13. The molecule has 0 saturated carbocycles. The van der Waals surface area contributed by atoms with Crippen molar-refractivity contribution in [3.8, 4) is 11.8 Å². The predicted molar refractivity (Wildman–Crippen MR) is 92.5 cm³/mol. The minimum absolute atomic E-state index is 0.0359. The predicted octanol–water partition coefficient (Wildman–Crippen LogP) is 3.16. The molecule has 0 spiro atoms. The van der Waals surface area contributed by atoms with Gasteiger partial charge in [0.15, 0.2) is 5.82 Å². The van der Waals surface area contributed by atoms with Crippen molar-refractivity contribution in [1.29, 1.82) is 5.26 Å². The van der Waals surface area contributed by atoms with E-state index in [0.29, 0.717) is 25.1 Å². The van der Waals surface area contributed by atoms with Crippen LogP contribution < -0.4 is 9.64 Å². The van der Waals surface area contributed by atoms with Crippen molar-refractivity contribution >= 4 is 11.6 Å². The van der Waals surface area contributed by atoms with Gasteiger partial charge in [-0.25, -0.2) is 4.39 Å². The van der Waals surface area contributed by atoms with Gasteiger partial charge in [-0.2, -0.15) is 5.26 Å². The zero-order valence-corrected chi connectivity index (χ0v) is 15.1. The lowest BCUT2D eigenvalue weighted by atomic mass is 9.90. The van der Waals surface area contributed by atoms with Crippen molar-refractivity contribution in [2.45, 2.75) is 45.8 Å². The van der Waals surface area contributed by atoms with Crippen molar-refractivity contribution in [3.63, 3.8) is 0 Å². The molecule has 1 aromatic carbocycles. The Bertz CT molecular complexity index is 722. The average molecular weight is 345 g/mol. The SMILES string of the molecule is COc1ccc(N2C(=O)C3CC(C#N)CN3C2CC(C)(C)C)c(F)c1. The van der Waals surface area contributed by atoms with Crippen molar-refractivity contribution in [1.82, 2.24) is 4.90 Å². The van der Waals surface area contributed by atoms with Gasteiger partial charge in [-0.15, -0.1) is 0 Å². The van der Waals surface area contributed by atoms with Crippen LogP contribution in [0.25, 0.3) is 0 Å². The summed E-state index contributed by atoms with van der Waals surface area (Å²) in [5.74, 6) is -0.301. The molecule has 2 aliphatic heterocycles. The topological polar surface area (TPSA) is 56.6 Å². The second-order valence-corrected chi connectivity index (χ2v) is 8.05. The first-order valence-corrected chi connectivity index (χ1v) is 8.57. The average Bonchev–Trinajstić information content (AvgIpc) is 3.06. The normalized spacial score (nSPS) is 26.6. The third-order valence-electron chi connectivity index (χ3n) is 4.93. The lowest BCUT2D eigenvalue weighted by molar-refractivity contribution is -0.119. The van der Waals surface area contributed by atoms with E-state index in [1.54, 1.807) is 17.0 Å². The number of carbonyl (C=O) groups excluding carboxylic acids is 1. The molecular formula is C19H24FN3O2. The molecule has 6 heteroatoms. The summed E-state index contributed by atoms with van der Waals surface area (Å²) in [5, 5.41) is 9.24. The Labute approximate surface area is 148 Å². The Morgan fingerprint density at radius 2 is 2.12 bits per heavy atom. The summed E-state index contributed by atoms with van der Waals surface area (Å²) < 4.78 is 19.7. The highest BCUT2D eigenvalue weighted by atomic mass is 19.1. The Kier molecular flexibility index (Phi) is 4.46. The molecule has 0 radical (unpaired) electrons. The van der Waals surface area contributed by atoms with Gasteiger partial charge in [0.05, 0.1) is 37.0 Å². The number of halogens is 1. The molecule has 3 atom stereocenters. The van der Waals surface area contributed by atoms with E-state index >= 15 is 0 Å². The van der Waals surface area contributed by atoms with Crippen molar-refractivity contribution in [3.05, 3.63) is 24.0 Å². The molecule has 0 N–H and O–H groups in total. The first-order valence-electron chi connectivity index (χ1n) is 8.57. The van der Waals surface area contributed by atoms with Gasteiger partial charge in [-0.1, -0.05) is 20.8 Å². The highest BCUT2D eigenvalue weighted by Crippen LogP contribution is 2.41. The number of amides is 1. The molecule has 5 nitrogen and oxygen atoms in total. The first kappa shape index (κ1) is 17.7. The van der Waals surface area contributed by atoms with Crippen molar-refractivity contribution in [2.75, 3.05) is 18.6 Å². The number of carbonyl (C=O) groups is 1. The Morgan fingerprint density at radius 1 is 1.40 bits per heavy atom. The summed E-state index contributed by atoms with van der Waals surface area (Å²) in [6, 6.07) is 6.51. The quantitative estimate of drug-likeness (QED) is 0.844. The van der Waals surface area contributed by atoms with Crippen LogP contribution in [0.1, 0.15) is 33.6 Å². The molecule has 2 heterocycles. The van der Waals surface area contributed by atoms with Crippen LogP contribution in [0.2, 0.25) is 0 Å². The lowest BCUT2D eigenvalue weighted by Gasteiger charge is -2.34. The first-order chi connectivity index (χ1) is 11.7. The van der Waals surface area contributed by atoms with Crippen molar-refractivity contribution in [2.24, 2.45) is 11.3 Å². The number of rotatable bonds is 3. The van der Waals surface area contributed by atoms with Crippen LogP contribution >= 0.6 is 0 Å². The maximum absolute atomic E-state index is 14.6. The molecule has 0 aliphatic carbocycles. The summed E-state index contributed by atoms with van der Waals surface area (Å²) in [4.78, 5) is 16.7. The Balaban J connectivity index is 1.99. The number of anilines is 1. The van der Waals surface area contributed by atoms with Gasteiger partial charge in [0, 0.05) is 12.6 Å². The number of hydrogen-bond acceptors (Lipinski definition) is 4. The van der Waals surface area contributed by atoms with Gasteiger partial charge in [0.25, 0.3) is 0 Å². The van der Waals surface area contributed by atoms with E-state index in [-0.39, 0.29) is 35.1 Å². The molecule has 2 saturated heterocycles. The van der Waals surface area contributed by atoms with Gasteiger partial charge in [-0.05, 0) is 30.4 Å². The number of fused-ring (bicyclic) bond motifs is 1. The summed E-state index contributed by atoms with van der Waals surface area (Å²) in [6.07, 6.45) is 0.988. The van der Waals surface area contributed by atoms with E-state index in [9.17, 15) is 14.4 Å². The number of methoxy groups -OCH3 is 1. The molecule has 0 bridgehead atoms. The van der Waals surface area contributed by atoms with Crippen LogP contribution in [0.5, 0.6) is 5.75 Å². The fraction of sp³-hybridized carbons (Fsp3) is 0.579. The van der Waals surface area contributed by atoms with Crippen LogP contribution in [-0.2, 0) is 4.79 Å². The van der Waals surface area contributed by atoms with Crippen LogP contribution in [0.4, 0.5) is 10.1 Å². The number of hydrogen-bond donors (Lipinski definition) is 0. The van der Waals surface area contributed by atoms with Crippen LogP contribution in [-0.4, -0.2) is 36.7 Å². The summed E-state index contributed by atoms with van der Waals surface area (Å²) in [6.45, 7) is 6.86. The molecular weight excluding hydrogens is 321 g/mol. The van der Waals surface area contributed by atoms with Crippen LogP contribution in [0.15, 0.2) is 18.2 Å². The lowest BCUT2D eigenvalue weighted by Crippen LogP contribution is -2.43. The fourth-order valence-electron chi connectivity index (χ4n) is 3.83. The smallest absolute Gasteiger partial charge is 0.245 e.